The summed E-state index contributed by atoms with van der Waals surface area (Å²) in [5.41, 5.74) is 0.829. The first kappa shape index (κ1) is 19.7. The molecule has 1 N–H and O–H groups in total. The largest absolute Gasteiger partial charge is 0.463 e. The van der Waals surface area contributed by atoms with Gasteiger partial charge in [0, 0.05) is 6.92 Å². The van der Waals surface area contributed by atoms with E-state index in [0.717, 1.165) is 36.5 Å². The van der Waals surface area contributed by atoms with Crippen LogP contribution in [0.4, 0.5) is 0 Å². The van der Waals surface area contributed by atoms with Gasteiger partial charge in [-0.1, -0.05) is 13.8 Å². The van der Waals surface area contributed by atoms with Gasteiger partial charge >= 0.3 is 5.97 Å². The zero-order valence-electron chi connectivity index (χ0n) is 17.9. The van der Waals surface area contributed by atoms with Gasteiger partial charge in [-0.25, -0.2) is 0 Å². The monoisotopic (exact) mass is 376 g/mol. The highest BCUT2D eigenvalue weighted by Gasteiger charge is 2.61. The van der Waals surface area contributed by atoms with Crippen LogP contribution >= 0.6 is 0 Å². The molecule has 1 unspecified atom stereocenters. The molecule has 4 rings (SSSR count). The Hall–Kier alpha value is -0.570. The first-order valence-electron chi connectivity index (χ1n) is 11.7. The molecule has 0 radical (unpaired) electrons. The average molecular weight is 377 g/mol. The highest BCUT2D eigenvalue weighted by molar-refractivity contribution is 5.66. The summed E-state index contributed by atoms with van der Waals surface area (Å²) in [5, 5.41) is 10.5. The fourth-order valence-corrected chi connectivity index (χ4v) is 8.83. The highest BCUT2D eigenvalue weighted by Crippen LogP contribution is 2.68. The Morgan fingerprint density at radius 2 is 1.89 bits per heavy atom. The summed E-state index contributed by atoms with van der Waals surface area (Å²) >= 11 is 0. The Morgan fingerprint density at radius 3 is 2.56 bits per heavy atom. The molecule has 0 aromatic rings. The van der Waals surface area contributed by atoms with E-state index in [1.807, 2.05) is 6.92 Å². The number of hydrogen-bond donors (Lipinski definition) is 1. The zero-order chi connectivity index (χ0) is 19.4. The highest BCUT2D eigenvalue weighted by atomic mass is 16.5. The maximum atomic E-state index is 11.4. The Bertz CT molecular complexity index is 572. The van der Waals surface area contributed by atoms with Crippen LogP contribution in [0.5, 0.6) is 0 Å². The fourth-order valence-electron chi connectivity index (χ4n) is 8.83. The Kier molecular flexibility index (Phi) is 5.15. The van der Waals surface area contributed by atoms with Gasteiger partial charge < -0.3 is 9.84 Å². The van der Waals surface area contributed by atoms with Crippen LogP contribution in [0.25, 0.3) is 0 Å². The predicted molar refractivity (Wildman–Crippen MR) is 107 cm³/mol. The van der Waals surface area contributed by atoms with Gasteiger partial charge in [0.05, 0.1) is 6.10 Å². The molecule has 0 spiro atoms. The standard InChI is InChI=1S/C24H40O3/c1-5-24-13-11-21-19(22(24)9-8-20(24)15(2)25)7-6-17-14-18(27-16(3)26)10-12-23(17,21)4/h15,17-22,25H,5-14H2,1-4H3/t15-,17+,18-,19-,20-,21+,22+,23+,24?/m1/s1. The molecule has 0 aliphatic heterocycles. The van der Waals surface area contributed by atoms with Crippen molar-refractivity contribution in [2.75, 3.05) is 0 Å². The number of aliphatic hydroxyl groups excluding tert-OH is 1. The van der Waals surface area contributed by atoms with Crippen LogP contribution in [0.2, 0.25) is 0 Å². The Morgan fingerprint density at radius 1 is 1.11 bits per heavy atom. The fraction of sp³-hybridized carbons (Fsp3) is 0.958. The summed E-state index contributed by atoms with van der Waals surface area (Å²) in [7, 11) is 0. The number of rotatable bonds is 3. The van der Waals surface area contributed by atoms with Crippen LogP contribution in [0.3, 0.4) is 0 Å². The second-order valence-electron chi connectivity index (χ2n) is 10.7. The van der Waals surface area contributed by atoms with Crippen LogP contribution in [0.1, 0.15) is 91.9 Å². The number of ether oxygens (including phenoxy) is 1. The molecule has 4 aliphatic carbocycles. The van der Waals surface area contributed by atoms with Crippen molar-refractivity contribution in [3.05, 3.63) is 0 Å². The van der Waals surface area contributed by atoms with Gasteiger partial charge in [-0.2, -0.15) is 0 Å². The molecule has 0 bridgehead atoms. The molecule has 3 nitrogen and oxygen atoms in total. The van der Waals surface area contributed by atoms with Crippen molar-refractivity contribution in [1.29, 1.82) is 0 Å². The summed E-state index contributed by atoms with van der Waals surface area (Å²) in [5.74, 6) is 3.64. The zero-order valence-corrected chi connectivity index (χ0v) is 17.9. The molecule has 9 atom stereocenters. The van der Waals surface area contributed by atoms with Crippen LogP contribution < -0.4 is 0 Å². The minimum Gasteiger partial charge on any atom is -0.463 e. The van der Waals surface area contributed by atoms with Gasteiger partial charge in [0.1, 0.15) is 6.10 Å². The normalized spacial score (nSPS) is 50.3. The maximum Gasteiger partial charge on any atom is 0.302 e. The SMILES string of the molecule is CCC12CC[C@H]3[C@@H](CC[C@H]4C[C@H](OC(C)=O)CC[C@@]43C)[C@@H]1CC[C@@H]2[C@@H](C)O. The Balaban J connectivity index is 1.55. The maximum absolute atomic E-state index is 11.4. The van der Waals surface area contributed by atoms with Crippen LogP contribution in [0, 0.1) is 40.4 Å². The van der Waals surface area contributed by atoms with Crippen LogP contribution in [0.15, 0.2) is 0 Å². The Labute approximate surface area is 165 Å². The molecule has 4 fully saturated rings. The second-order valence-corrected chi connectivity index (χ2v) is 10.7. The third-order valence-electron chi connectivity index (χ3n) is 9.97. The lowest BCUT2D eigenvalue weighted by Crippen LogP contribution is -2.55. The van der Waals surface area contributed by atoms with Crippen molar-refractivity contribution >= 4 is 5.97 Å². The molecule has 154 valence electrons. The van der Waals surface area contributed by atoms with Crippen molar-refractivity contribution in [1.82, 2.24) is 0 Å². The first-order chi connectivity index (χ1) is 12.8. The minimum absolute atomic E-state index is 0.113. The van der Waals surface area contributed by atoms with Gasteiger partial charge in [-0.05, 0) is 112 Å². The molecule has 0 amide bonds. The summed E-state index contributed by atoms with van der Waals surface area (Å²) in [6, 6.07) is 0. The number of aliphatic hydroxyl groups is 1. The van der Waals surface area contributed by atoms with E-state index >= 15 is 0 Å². The molecule has 27 heavy (non-hydrogen) atoms. The molecule has 0 aromatic heterocycles. The molecular formula is C24H40O3. The van der Waals surface area contributed by atoms with Crippen molar-refractivity contribution in [2.45, 2.75) is 104 Å². The van der Waals surface area contributed by atoms with Gasteiger partial charge in [0.2, 0.25) is 0 Å². The lowest BCUT2D eigenvalue weighted by atomic mass is 9.44. The van der Waals surface area contributed by atoms with Crippen LogP contribution in [-0.4, -0.2) is 23.3 Å². The van der Waals surface area contributed by atoms with E-state index < -0.39 is 0 Å². The van der Waals surface area contributed by atoms with Gasteiger partial charge in [-0.15, -0.1) is 0 Å². The molecule has 4 saturated carbocycles. The number of carbonyl (C=O) groups is 1. The lowest BCUT2D eigenvalue weighted by molar-refractivity contribution is -0.162. The van der Waals surface area contributed by atoms with Gasteiger partial charge in [0.25, 0.3) is 0 Å². The van der Waals surface area contributed by atoms with Crippen molar-refractivity contribution in [2.24, 2.45) is 40.4 Å². The average Bonchev–Trinajstić information content (AvgIpc) is 3.02. The molecule has 3 heteroatoms. The van der Waals surface area contributed by atoms with Crippen molar-refractivity contribution < 1.29 is 14.6 Å². The topological polar surface area (TPSA) is 46.5 Å². The molecule has 0 saturated heterocycles. The van der Waals surface area contributed by atoms with Crippen LogP contribution in [-0.2, 0) is 9.53 Å². The summed E-state index contributed by atoms with van der Waals surface area (Å²) < 4.78 is 5.60. The summed E-state index contributed by atoms with van der Waals surface area (Å²) in [6.45, 7) is 8.53. The quantitative estimate of drug-likeness (QED) is 0.676. The lowest BCUT2D eigenvalue weighted by Gasteiger charge is -2.61. The number of hydrogen-bond acceptors (Lipinski definition) is 3. The number of carbonyl (C=O) groups excluding carboxylic acids is 1. The minimum atomic E-state index is -0.155. The van der Waals surface area contributed by atoms with E-state index in [4.69, 9.17) is 4.74 Å². The van der Waals surface area contributed by atoms with Crippen molar-refractivity contribution in [3.63, 3.8) is 0 Å². The second kappa shape index (κ2) is 7.04. The first-order valence-corrected chi connectivity index (χ1v) is 11.7. The van der Waals surface area contributed by atoms with E-state index in [9.17, 15) is 9.90 Å². The van der Waals surface area contributed by atoms with E-state index in [2.05, 4.69) is 13.8 Å². The predicted octanol–water partition coefficient (Wildman–Crippen LogP) is 5.35. The van der Waals surface area contributed by atoms with E-state index in [1.165, 1.54) is 51.4 Å². The smallest absolute Gasteiger partial charge is 0.302 e. The number of fused-ring (bicyclic) bond motifs is 5. The molecular weight excluding hydrogens is 336 g/mol. The third kappa shape index (κ3) is 2.98. The third-order valence-corrected chi connectivity index (χ3v) is 9.97. The van der Waals surface area contributed by atoms with E-state index in [-0.39, 0.29) is 18.2 Å². The van der Waals surface area contributed by atoms with E-state index in [0.29, 0.717) is 16.7 Å². The van der Waals surface area contributed by atoms with Crippen molar-refractivity contribution in [3.8, 4) is 0 Å². The van der Waals surface area contributed by atoms with Gasteiger partial charge in [-0.3, -0.25) is 4.79 Å². The molecule has 4 aliphatic rings. The summed E-state index contributed by atoms with van der Waals surface area (Å²) in [6.07, 6.45) is 12.5. The number of esters is 1. The summed E-state index contributed by atoms with van der Waals surface area (Å²) in [4.78, 5) is 11.4. The molecule has 0 heterocycles. The molecule has 0 aromatic carbocycles. The van der Waals surface area contributed by atoms with E-state index in [1.54, 1.807) is 6.92 Å². The van der Waals surface area contributed by atoms with Gasteiger partial charge in [0.15, 0.2) is 0 Å².